The fraction of sp³-hybridized carbons (Fsp3) is 0.250. The Labute approximate surface area is 133 Å². The smallest absolute Gasteiger partial charge is 0.244 e. The average Bonchev–Trinajstić information content (AvgIpc) is 2.43. The molecular weight excluding hydrogens is 304 g/mol. The molecule has 22 heavy (non-hydrogen) atoms. The van der Waals surface area contributed by atoms with Gasteiger partial charge in [-0.15, -0.1) is 0 Å². The van der Waals surface area contributed by atoms with Crippen molar-refractivity contribution in [3.8, 4) is 5.75 Å². The molecule has 0 aliphatic carbocycles. The van der Waals surface area contributed by atoms with E-state index < -0.39 is 0 Å². The average molecular weight is 321 g/mol. The fourth-order valence-corrected chi connectivity index (χ4v) is 2.48. The summed E-state index contributed by atoms with van der Waals surface area (Å²) < 4.78 is 6.84. The van der Waals surface area contributed by atoms with Crippen LogP contribution in [0.1, 0.15) is 11.4 Å². The molecule has 0 saturated heterocycles. The number of nitrogens with zero attached hydrogens (tertiary/aromatic N) is 1. The first-order chi connectivity index (χ1) is 10.4. The molecule has 1 aromatic carbocycles. The highest BCUT2D eigenvalue weighted by molar-refractivity contribution is 6.32. The van der Waals surface area contributed by atoms with E-state index in [0.29, 0.717) is 16.5 Å². The van der Waals surface area contributed by atoms with Crippen LogP contribution in [0.4, 0.5) is 5.69 Å². The highest BCUT2D eigenvalue weighted by Gasteiger charge is 2.09. The Bertz CT molecular complexity index is 742. The number of pyridine rings is 1. The van der Waals surface area contributed by atoms with Crippen LogP contribution in [-0.2, 0) is 11.3 Å². The zero-order valence-electron chi connectivity index (χ0n) is 12.6. The molecule has 0 saturated carbocycles. The number of aromatic nitrogens is 1. The minimum absolute atomic E-state index is 0.0615. The molecular formula is C16H17ClN2O3. The largest absolute Gasteiger partial charge is 0.495 e. The van der Waals surface area contributed by atoms with Gasteiger partial charge in [-0.2, -0.15) is 0 Å². The summed E-state index contributed by atoms with van der Waals surface area (Å²) in [7, 11) is 1.53. The molecule has 1 N–H and O–H groups in total. The number of rotatable bonds is 4. The van der Waals surface area contributed by atoms with Crippen molar-refractivity contribution in [3.05, 3.63) is 57.0 Å². The molecule has 0 unspecified atom stereocenters. The highest BCUT2D eigenvalue weighted by atomic mass is 35.5. The van der Waals surface area contributed by atoms with Gasteiger partial charge in [0.1, 0.15) is 12.3 Å². The lowest BCUT2D eigenvalue weighted by molar-refractivity contribution is -0.116. The number of carbonyl (C=O) groups excluding carboxylic acids is 1. The van der Waals surface area contributed by atoms with Crippen molar-refractivity contribution < 1.29 is 9.53 Å². The lowest BCUT2D eigenvalue weighted by atomic mass is 10.2. The molecule has 0 bridgehead atoms. The van der Waals surface area contributed by atoms with Crippen LogP contribution in [0.2, 0.25) is 5.02 Å². The standard InChI is InChI=1S/C16H17ClN2O3/c1-10-6-13(20)7-11(2)19(10)9-16(21)18-12-4-5-15(22-3)14(17)8-12/h4-8H,9H2,1-3H3,(H,18,21). The summed E-state index contributed by atoms with van der Waals surface area (Å²) in [5, 5.41) is 3.20. The topological polar surface area (TPSA) is 60.3 Å². The lowest BCUT2D eigenvalue weighted by Crippen LogP contribution is -2.23. The minimum Gasteiger partial charge on any atom is -0.495 e. The number of carbonyl (C=O) groups is 1. The first kappa shape index (κ1) is 16.1. The van der Waals surface area contributed by atoms with E-state index in [-0.39, 0.29) is 17.9 Å². The van der Waals surface area contributed by atoms with Crippen LogP contribution in [0.3, 0.4) is 0 Å². The Morgan fingerprint density at radius 3 is 2.41 bits per heavy atom. The van der Waals surface area contributed by atoms with Crippen molar-refractivity contribution >= 4 is 23.2 Å². The van der Waals surface area contributed by atoms with Gasteiger partial charge in [-0.05, 0) is 32.0 Å². The fourth-order valence-electron chi connectivity index (χ4n) is 2.23. The van der Waals surface area contributed by atoms with Gasteiger partial charge in [-0.3, -0.25) is 9.59 Å². The van der Waals surface area contributed by atoms with Crippen molar-refractivity contribution in [2.75, 3.05) is 12.4 Å². The summed E-state index contributed by atoms with van der Waals surface area (Å²) in [6.07, 6.45) is 0. The molecule has 1 aromatic heterocycles. The number of anilines is 1. The SMILES string of the molecule is COc1ccc(NC(=O)Cn2c(C)cc(=O)cc2C)cc1Cl. The number of ether oxygens (including phenoxy) is 1. The molecule has 0 atom stereocenters. The molecule has 0 spiro atoms. The third-order valence-corrected chi connectivity index (χ3v) is 3.59. The van der Waals surface area contributed by atoms with Gasteiger partial charge in [-0.25, -0.2) is 0 Å². The maximum absolute atomic E-state index is 12.2. The maximum Gasteiger partial charge on any atom is 0.244 e. The monoisotopic (exact) mass is 320 g/mol. The second-order valence-electron chi connectivity index (χ2n) is 4.96. The quantitative estimate of drug-likeness (QED) is 0.942. The summed E-state index contributed by atoms with van der Waals surface area (Å²) in [4.78, 5) is 23.6. The molecule has 0 aliphatic heterocycles. The van der Waals surface area contributed by atoms with Crippen LogP contribution >= 0.6 is 11.6 Å². The summed E-state index contributed by atoms with van der Waals surface area (Å²) in [5.41, 5.74) is 2.02. The van der Waals surface area contributed by atoms with Gasteiger partial charge in [0.25, 0.3) is 0 Å². The van der Waals surface area contributed by atoms with Crippen LogP contribution in [0, 0.1) is 13.8 Å². The van der Waals surface area contributed by atoms with Gasteiger partial charge in [-0.1, -0.05) is 11.6 Å². The highest BCUT2D eigenvalue weighted by Crippen LogP contribution is 2.27. The molecule has 2 aromatic rings. The van der Waals surface area contributed by atoms with Crippen LogP contribution in [-0.4, -0.2) is 17.6 Å². The summed E-state index contributed by atoms with van der Waals surface area (Å²) in [6, 6.07) is 8.04. The Hall–Kier alpha value is -2.27. The molecule has 0 radical (unpaired) electrons. The number of nitrogens with one attached hydrogen (secondary N) is 1. The zero-order chi connectivity index (χ0) is 16.3. The van der Waals surface area contributed by atoms with Crippen molar-refractivity contribution in [3.63, 3.8) is 0 Å². The second kappa shape index (κ2) is 6.66. The molecule has 5 nitrogen and oxygen atoms in total. The Kier molecular flexibility index (Phi) is 4.88. The van der Waals surface area contributed by atoms with E-state index in [1.807, 2.05) is 0 Å². The number of aryl methyl sites for hydroxylation is 2. The van der Waals surface area contributed by atoms with Gasteiger partial charge in [0.2, 0.25) is 5.91 Å². The third kappa shape index (κ3) is 3.68. The molecule has 1 heterocycles. The molecule has 116 valence electrons. The van der Waals surface area contributed by atoms with Crippen LogP contribution < -0.4 is 15.5 Å². The van der Waals surface area contributed by atoms with Gasteiger partial charge >= 0.3 is 0 Å². The van der Waals surface area contributed by atoms with Gasteiger partial charge in [0.05, 0.1) is 12.1 Å². The molecule has 1 amide bonds. The normalized spacial score (nSPS) is 10.4. The summed E-state index contributed by atoms with van der Waals surface area (Å²) >= 11 is 6.02. The van der Waals surface area contributed by atoms with Crippen LogP contribution in [0.5, 0.6) is 5.75 Å². The summed E-state index contributed by atoms with van der Waals surface area (Å²) in [5.74, 6) is 0.350. The predicted octanol–water partition coefficient (Wildman–Crippen LogP) is 2.77. The molecule has 6 heteroatoms. The molecule has 2 rings (SSSR count). The Morgan fingerprint density at radius 2 is 1.86 bits per heavy atom. The van der Waals surface area contributed by atoms with E-state index in [2.05, 4.69) is 5.32 Å². The van der Waals surface area contributed by atoms with Crippen LogP contribution in [0.25, 0.3) is 0 Å². The van der Waals surface area contributed by atoms with Gasteiger partial charge in [0, 0.05) is 29.2 Å². The first-order valence-corrected chi connectivity index (χ1v) is 7.10. The minimum atomic E-state index is -0.198. The summed E-state index contributed by atoms with van der Waals surface area (Å²) in [6.45, 7) is 3.72. The number of hydrogen-bond donors (Lipinski definition) is 1. The van der Waals surface area contributed by atoms with Crippen molar-refractivity contribution in [1.82, 2.24) is 4.57 Å². The molecule has 0 fully saturated rings. The Balaban J connectivity index is 2.14. The van der Waals surface area contributed by atoms with Crippen molar-refractivity contribution in [2.45, 2.75) is 20.4 Å². The number of benzene rings is 1. The van der Waals surface area contributed by atoms with Gasteiger partial charge < -0.3 is 14.6 Å². The third-order valence-electron chi connectivity index (χ3n) is 3.29. The van der Waals surface area contributed by atoms with E-state index in [9.17, 15) is 9.59 Å². The number of methoxy groups -OCH3 is 1. The maximum atomic E-state index is 12.2. The van der Waals surface area contributed by atoms with Crippen molar-refractivity contribution in [2.24, 2.45) is 0 Å². The van der Waals surface area contributed by atoms with Crippen molar-refractivity contribution in [1.29, 1.82) is 0 Å². The Morgan fingerprint density at radius 1 is 1.23 bits per heavy atom. The van der Waals surface area contributed by atoms with Crippen LogP contribution in [0.15, 0.2) is 35.1 Å². The van der Waals surface area contributed by atoms with E-state index in [0.717, 1.165) is 11.4 Å². The zero-order valence-corrected chi connectivity index (χ0v) is 13.4. The van der Waals surface area contributed by atoms with Gasteiger partial charge in [0.15, 0.2) is 5.43 Å². The first-order valence-electron chi connectivity index (χ1n) is 6.72. The number of hydrogen-bond acceptors (Lipinski definition) is 3. The molecule has 0 aliphatic rings. The predicted molar refractivity (Wildman–Crippen MR) is 86.8 cm³/mol. The number of amides is 1. The van der Waals surface area contributed by atoms with E-state index >= 15 is 0 Å². The van der Waals surface area contributed by atoms with E-state index in [1.54, 1.807) is 36.6 Å². The van der Waals surface area contributed by atoms with E-state index in [4.69, 9.17) is 16.3 Å². The lowest BCUT2D eigenvalue weighted by Gasteiger charge is -2.14. The second-order valence-corrected chi connectivity index (χ2v) is 5.36. The van der Waals surface area contributed by atoms with E-state index in [1.165, 1.54) is 19.2 Å². The number of halogens is 1.